The molecule has 0 unspecified atom stereocenters. The number of furan rings is 3. The molecule has 14 heteroatoms. The van der Waals surface area contributed by atoms with Gasteiger partial charge in [-0.05, 0) is 184 Å². The highest BCUT2D eigenvalue weighted by Gasteiger charge is 2.31. The summed E-state index contributed by atoms with van der Waals surface area (Å²) in [6.45, 7) is 0. The van der Waals surface area contributed by atoms with E-state index < -0.39 is 0 Å². The van der Waals surface area contributed by atoms with Gasteiger partial charge in [-0.3, -0.25) is 13.2 Å². The first-order chi connectivity index (χ1) is 65.4. The van der Waals surface area contributed by atoms with Gasteiger partial charge in [-0.15, -0.1) is 11.3 Å². The van der Waals surface area contributed by atoms with Crippen molar-refractivity contribution in [3.05, 3.63) is 376 Å². The van der Waals surface area contributed by atoms with E-state index in [1.54, 1.807) is 0 Å². The molecule has 0 saturated heterocycles. The average Bonchev–Trinajstić information content (AvgIpc) is 1.53. The van der Waals surface area contributed by atoms with E-state index in [0.717, 1.165) is 210 Å². The van der Waals surface area contributed by atoms with Crippen LogP contribution in [-0.4, -0.2) is 47.7 Å². The molecule has 0 spiro atoms. The highest BCUT2D eigenvalue weighted by atomic mass is 32.1. The number of aromatic nitrogens is 10. The molecule has 33 rings (SSSR count). The third-order valence-corrected chi connectivity index (χ3v) is 29.1. The Hall–Kier alpha value is -17.7. The number of nitrogens with zero attached hydrogens (tertiary/aromatic N) is 10. The Labute approximate surface area is 749 Å². The summed E-state index contributed by atoms with van der Waals surface area (Å²) < 4.78 is 32.0. The molecule has 14 heterocycles. The molecular formula is C118H62N10O3S. The number of para-hydroxylation sites is 12. The molecule has 0 N–H and O–H groups in total. The third kappa shape index (κ3) is 9.61. The Morgan fingerprint density at radius 2 is 0.629 bits per heavy atom. The van der Waals surface area contributed by atoms with Gasteiger partial charge in [0, 0.05) is 123 Å². The van der Waals surface area contributed by atoms with Crippen LogP contribution in [0.25, 0.3) is 306 Å². The van der Waals surface area contributed by atoms with Crippen molar-refractivity contribution in [2.75, 3.05) is 0 Å². The van der Waals surface area contributed by atoms with Crippen molar-refractivity contribution in [1.82, 2.24) is 47.7 Å². The second-order valence-corrected chi connectivity index (χ2v) is 36.1. The van der Waals surface area contributed by atoms with Crippen LogP contribution in [0.3, 0.4) is 0 Å². The predicted molar refractivity (Wildman–Crippen MR) is 545 cm³/mol. The van der Waals surface area contributed by atoms with E-state index in [-0.39, 0.29) is 0 Å². The minimum Gasteiger partial charge on any atom is -0.456 e. The molecule has 0 fully saturated rings. The van der Waals surface area contributed by atoms with Crippen LogP contribution < -0.4 is 0 Å². The molecule has 13 nitrogen and oxygen atoms in total. The highest BCUT2D eigenvalue weighted by Crippen LogP contribution is 2.52. The molecule has 33 aromatic rings. The van der Waals surface area contributed by atoms with Gasteiger partial charge >= 0.3 is 0 Å². The molecule has 0 saturated carbocycles. The molecule has 19 aromatic carbocycles. The van der Waals surface area contributed by atoms with Crippen molar-refractivity contribution >= 4 is 278 Å². The predicted octanol–water partition coefficient (Wildman–Crippen LogP) is 31.7. The first kappa shape index (κ1) is 70.4. The number of fused-ring (bicyclic) bond motifs is 40. The Kier molecular flexibility index (Phi) is 13.9. The maximum atomic E-state index is 6.79. The first-order valence-corrected chi connectivity index (χ1v) is 45.3. The topological polar surface area (TPSA) is 135 Å². The van der Waals surface area contributed by atoms with Gasteiger partial charge in [-0.1, -0.05) is 231 Å². The van der Waals surface area contributed by atoms with Crippen LogP contribution in [0.5, 0.6) is 0 Å². The van der Waals surface area contributed by atoms with Gasteiger partial charge in [0.05, 0.1) is 77.2 Å². The quantitative estimate of drug-likeness (QED) is 0.169. The van der Waals surface area contributed by atoms with Crippen molar-refractivity contribution in [3.8, 4) is 39.1 Å². The minimum atomic E-state index is 0.863. The summed E-state index contributed by atoms with van der Waals surface area (Å²) in [6, 6.07) is 133. The van der Waals surface area contributed by atoms with Gasteiger partial charge in [-0.25, -0.2) is 29.9 Å². The molecule has 0 aliphatic carbocycles. The molecule has 0 aliphatic heterocycles. The molecule has 14 aromatic heterocycles. The Bertz CT molecular complexity index is 10900. The Morgan fingerprint density at radius 3 is 1.23 bits per heavy atom. The Balaban J connectivity index is 0.0000000937. The summed E-state index contributed by atoms with van der Waals surface area (Å²) in [6.07, 6.45) is 0. The van der Waals surface area contributed by atoms with E-state index in [1.165, 1.54) is 96.2 Å². The summed E-state index contributed by atoms with van der Waals surface area (Å²) in [5.74, 6) is 0. The zero-order valence-corrected chi connectivity index (χ0v) is 70.7. The van der Waals surface area contributed by atoms with Crippen LogP contribution in [0.2, 0.25) is 0 Å². The first-order valence-electron chi connectivity index (χ1n) is 44.5. The SMILES string of the molecule is c1ccc(-n2c3ccccc3c3cc(-c4ccc5oc6cc7c8nc9ccccc9nc8n8c9ccccc9c(c6c5c4)c78)ccc32)cc1.c1ccc2cc(-c3cccc4c3oc3cc5c6nc7ccccc7nc6n6c7ccccc7c(c34)c56)ccc2c1.c1ccc2nc3c(nc2c1)c1cc2oc4cc(-c5ccc6c(c5)sc5ccccc56)ccc4c2c2c4ccccc4n3c12. The lowest BCUT2D eigenvalue weighted by molar-refractivity contribution is 0.669. The van der Waals surface area contributed by atoms with Crippen LogP contribution in [0.4, 0.5) is 0 Å². The van der Waals surface area contributed by atoms with Crippen molar-refractivity contribution in [2.24, 2.45) is 0 Å². The van der Waals surface area contributed by atoms with Crippen LogP contribution in [0, 0.1) is 0 Å². The number of benzene rings is 19. The lowest BCUT2D eigenvalue weighted by atomic mass is 9.98. The normalized spacial score (nSPS) is 12.5. The van der Waals surface area contributed by atoms with Gasteiger partial charge in [0.1, 0.15) is 50.0 Å². The molecule has 0 bridgehead atoms. The standard InChI is InChI=1S/C44H24N4O.C38H19N3OS.C36H19N3O/c1-2-10-27(11-3-1)47-35-16-8-4-12-28(35)30-22-25(18-20-37(30)47)26-19-21-38-31(23-26)40-39(49-38)24-32-42-44(46-34-15-7-6-14-33(34)45-42)48-36-17-9-5-13-29(36)41(40)43(32)48;1-5-11-29-24(8-1)35-34-25-16-14-20(21-13-15-23-22-7-2-6-12-32(22)43-33(23)18-21)17-30(25)42-31(34)19-26-36-38(41(29)37(26)35)40-28-10-4-3-9-27(28)39-36;1-2-9-21-18-22(17-16-20(21)8-1)23-11-7-12-25-31-30(40-35(23)25)19-26-33-36(38-28-14-5-4-13-27(28)37-33)39-29-15-6-3-10-24(29)32(31)34(26)39/h1-24H;1-19H;1-19H. The van der Waals surface area contributed by atoms with Crippen LogP contribution >= 0.6 is 11.3 Å². The van der Waals surface area contributed by atoms with Crippen molar-refractivity contribution in [2.45, 2.75) is 0 Å². The fourth-order valence-electron chi connectivity index (χ4n) is 22.3. The van der Waals surface area contributed by atoms with Gasteiger partial charge in [-0.2, -0.15) is 0 Å². The third-order valence-electron chi connectivity index (χ3n) is 28.0. The van der Waals surface area contributed by atoms with Gasteiger partial charge in [0.2, 0.25) is 0 Å². The monoisotopic (exact) mass is 1700 g/mol. The molecule has 0 radical (unpaired) electrons. The summed E-state index contributed by atoms with van der Waals surface area (Å²) >= 11 is 1.85. The molecule has 0 amide bonds. The maximum absolute atomic E-state index is 6.79. The zero-order chi connectivity index (χ0) is 85.6. The molecule has 0 atom stereocenters. The van der Waals surface area contributed by atoms with Gasteiger partial charge in [0.15, 0.2) is 16.9 Å². The smallest absolute Gasteiger partial charge is 0.165 e. The molecule has 0 aliphatic rings. The molecular weight excluding hydrogens is 1640 g/mol. The van der Waals surface area contributed by atoms with Gasteiger partial charge < -0.3 is 17.8 Å². The zero-order valence-electron chi connectivity index (χ0n) is 69.9. The van der Waals surface area contributed by atoms with Crippen molar-refractivity contribution in [3.63, 3.8) is 0 Å². The lowest BCUT2D eigenvalue weighted by Crippen LogP contribution is -1.92. The summed E-state index contributed by atoms with van der Waals surface area (Å²) in [4.78, 5) is 30.7. The summed E-state index contributed by atoms with van der Waals surface area (Å²) in [7, 11) is 0. The second kappa shape index (κ2) is 26.0. The van der Waals surface area contributed by atoms with E-state index in [1.807, 2.05) is 84.1 Å². The van der Waals surface area contributed by atoms with E-state index in [0.29, 0.717) is 0 Å². The second-order valence-electron chi connectivity index (χ2n) is 35.0. The van der Waals surface area contributed by atoms with Crippen LogP contribution in [-0.2, 0) is 0 Å². The van der Waals surface area contributed by atoms with Crippen LogP contribution in [0.1, 0.15) is 0 Å². The van der Waals surface area contributed by atoms with Crippen molar-refractivity contribution in [1.29, 1.82) is 0 Å². The average molecular weight is 1700 g/mol. The fourth-order valence-corrected chi connectivity index (χ4v) is 23.5. The van der Waals surface area contributed by atoms with E-state index >= 15 is 0 Å². The summed E-state index contributed by atoms with van der Waals surface area (Å²) in [5, 5.41) is 24.7. The lowest BCUT2D eigenvalue weighted by Gasteiger charge is -2.08. The largest absolute Gasteiger partial charge is 0.456 e. The maximum Gasteiger partial charge on any atom is 0.165 e. The van der Waals surface area contributed by atoms with E-state index in [9.17, 15) is 0 Å². The Morgan fingerprint density at radius 1 is 0.212 bits per heavy atom. The van der Waals surface area contributed by atoms with E-state index in [4.69, 9.17) is 43.2 Å². The number of thiophene rings is 1. The number of hydrogen-bond acceptors (Lipinski definition) is 10. The fraction of sp³-hybridized carbons (Fsp3) is 0. The van der Waals surface area contributed by atoms with E-state index in [2.05, 4.69) is 321 Å². The molecule has 608 valence electrons. The van der Waals surface area contributed by atoms with Crippen molar-refractivity contribution < 1.29 is 13.3 Å². The number of hydrogen-bond donors (Lipinski definition) is 0. The minimum absolute atomic E-state index is 0.863. The summed E-state index contributed by atoms with van der Waals surface area (Å²) in [5.41, 5.74) is 33.3. The highest BCUT2D eigenvalue weighted by molar-refractivity contribution is 7.25. The van der Waals surface area contributed by atoms with Gasteiger partial charge in [0.25, 0.3) is 0 Å². The number of rotatable bonds is 4. The van der Waals surface area contributed by atoms with Crippen LogP contribution in [0.15, 0.2) is 389 Å². The molecule has 132 heavy (non-hydrogen) atoms.